The third-order valence-electron chi connectivity index (χ3n) is 12.8. The number of benzene rings is 2. The van der Waals surface area contributed by atoms with E-state index in [2.05, 4.69) is 15.5 Å². The lowest BCUT2D eigenvalue weighted by atomic mass is 9.87. The molecule has 1 saturated carbocycles. The largest absolute Gasteiger partial charge is 0.346 e. The summed E-state index contributed by atoms with van der Waals surface area (Å²) in [7, 11) is 0. The predicted octanol–water partition coefficient (Wildman–Crippen LogP) is 10.1. The van der Waals surface area contributed by atoms with Gasteiger partial charge in [-0.05, 0) is 113 Å². The van der Waals surface area contributed by atoms with Crippen molar-refractivity contribution in [1.29, 1.82) is 0 Å². The Labute approximate surface area is 363 Å². The molecule has 1 saturated heterocycles. The molecule has 332 valence electrons. The minimum atomic E-state index is -0.795. The van der Waals surface area contributed by atoms with E-state index in [1.807, 2.05) is 95.3 Å². The maximum absolute atomic E-state index is 14.3. The summed E-state index contributed by atoms with van der Waals surface area (Å²) in [5.41, 5.74) is 1.64. The highest BCUT2D eigenvalue weighted by Crippen LogP contribution is 2.47. The van der Waals surface area contributed by atoms with E-state index in [-0.39, 0.29) is 53.8 Å². The SMILES string of the molecule is CC(C)C[C@H](NC(=O)C(CCc1ccccc1)CC(=O)CCCCCCCCCN1CCCCC1)C(=O)C[C@@H](Cc1ccccc1)C(=O)N[C@@H](CC(C)C)C(=O)C1(C)CC1. The first-order chi connectivity index (χ1) is 28.8. The van der Waals surface area contributed by atoms with Gasteiger partial charge < -0.3 is 15.5 Å². The quantitative estimate of drug-likeness (QED) is 0.0759. The molecule has 2 aromatic carbocycles. The number of hydrogen-bond donors (Lipinski definition) is 2. The van der Waals surface area contributed by atoms with Crippen LogP contribution in [0.2, 0.25) is 0 Å². The van der Waals surface area contributed by atoms with E-state index in [0.717, 1.165) is 43.2 Å². The second-order valence-electron chi connectivity index (χ2n) is 19.5. The van der Waals surface area contributed by atoms with Crippen molar-refractivity contribution in [1.82, 2.24) is 15.5 Å². The molecule has 0 aromatic heterocycles. The van der Waals surface area contributed by atoms with E-state index in [4.69, 9.17) is 0 Å². The molecule has 2 amide bonds. The van der Waals surface area contributed by atoms with Crippen LogP contribution in [0.4, 0.5) is 0 Å². The lowest BCUT2D eigenvalue weighted by Gasteiger charge is -2.27. The Hall–Kier alpha value is -3.65. The van der Waals surface area contributed by atoms with Crippen molar-refractivity contribution in [2.24, 2.45) is 29.1 Å². The van der Waals surface area contributed by atoms with Crippen LogP contribution in [0.5, 0.6) is 0 Å². The van der Waals surface area contributed by atoms with Gasteiger partial charge in [0.1, 0.15) is 5.78 Å². The first kappa shape index (κ1) is 49.0. The summed E-state index contributed by atoms with van der Waals surface area (Å²) in [6.45, 7) is 13.9. The lowest BCUT2D eigenvalue weighted by molar-refractivity contribution is -0.135. The number of likely N-dealkylation sites (tertiary alicyclic amines) is 1. The van der Waals surface area contributed by atoms with Gasteiger partial charge in [0.2, 0.25) is 11.8 Å². The summed E-state index contributed by atoms with van der Waals surface area (Å²) < 4.78 is 0. The fourth-order valence-electron chi connectivity index (χ4n) is 8.83. The monoisotopic (exact) mass is 826 g/mol. The Morgan fingerprint density at radius 3 is 1.77 bits per heavy atom. The zero-order chi connectivity index (χ0) is 43.3. The third kappa shape index (κ3) is 18.1. The molecule has 60 heavy (non-hydrogen) atoms. The van der Waals surface area contributed by atoms with Crippen molar-refractivity contribution in [3.05, 3.63) is 71.8 Å². The van der Waals surface area contributed by atoms with Gasteiger partial charge in [-0.15, -0.1) is 0 Å². The van der Waals surface area contributed by atoms with Gasteiger partial charge in [-0.3, -0.25) is 24.0 Å². The molecule has 1 heterocycles. The van der Waals surface area contributed by atoms with Crippen LogP contribution in [0.15, 0.2) is 60.7 Å². The minimum absolute atomic E-state index is 0.0652. The highest BCUT2D eigenvalue weighted by molar-refractivity contribution is 5.97. The fourth-order valence-corrected chi connectivity index (χ4v) is 8.83. The van der Waals surface area contributed by atoms with Crippen LogP contribution in [0.1, 0.15) is 161 Å². The van der Waals surface area contributed by atoms with E-state index < -0.39 is 29.3 Å². The van der Waals surface area contributed by atoms with Crippen molar-refractivity contribution < 1.29 is 24.0 Å². The Morgan fingerprint density at radius 1 is 0.633 bits per heavy atom. The van der Waals surface area contributed by atoms with E-state index in [1.165, 1.54) is 64.6 Å². The lowest BCUT2D eigenvalue weighted by Crippen LogP contribution is -2.49. The average molecular weight is 826 g/mol. The van der Waals surface area contributed by atoms with Gasteiger partial charge in [0.15, 0.2) is 11.6 Å². The summed E-state index contributed by atoms with van der Waals surface area (Å²) >= 11 is 0. The molecule has 8 heteroatoms. The Balaban J connectivity index is 1.37. The molecule has 0 bridgehead atoms. The standard InChI is InChI=1S/C52H79N3O5/c1-39(2)34-46(48(57)38-44(36-42-24-16-12-17-25-42)51(60)54-47(35-40(3)4)49(58)52(5)29-30-52)53-50(59)43(28-27-41-22-14-11-15-23-41)37-45(56)26-18-9-7-6-8-10-19-31-55-32-20-13-21-33-55/h11-12,14-17,22-25,39-40,43-44,46-47H,6-10,13,18-21,26-38H2,1-5H3,(H,53,59)(H,54,60)/t43?,44-,46+,47+/m1/s1. The van der Waals surface area contributed by atoms with Gasteiger partial charge in [-0.2, -0.15) is 0 Å². The van der Waals surface area contributed by atoms with Crippen molar-refractivity contribution in [2.75, 3.05) is 19.6 Å². The van der Waals surface area contributed by atoms with Crippen LogP contribution in [0.3, 0.4) is 0 Å². The molecule has 4 rings (SSSR count). The van der Waals surface area contributed by atoms with Crippen molar-refractivity contribution >= 4 is 29.2 Å². The normalized spacial score (nSPS) is 17.1. The van der Waals surface area contributed by atoms with Gasteiger partial charge in [0.05, 0.1) is 12.1 Å². The maximum Gasteiger partial charge on any atom is 0.224 e. The molecular weight excluding hydrogens is 747 g/mol. The summed E-state index contributed by atoms with van der Waals surface area (Å²) in [6.07, 6.45) is 16.7. The Morgan fingerprint density at radius 2 is 1.17 bits per heavy atom. The van der Waals surface area contributed by atoms with E-state index in [0.29, 0.717) is 38.5 Å². The van der Waals surface area contributed by atoms with E-state index in [9.17, 15) is 24.0 Å². The summed E-state index contributed by atoms with van der Waals surface area (Å²) in [5, 5.41) is 6.20. The molecule has 1 aliphatic heterocycles. The van der Waals surface area contributed by atoms with Crippen LogP contribution < -0.4 is 10.6 Å². The number of nitrogens with zero attached hydrogens (tertiary/aromatic N) is 1. The van der Waals surface area contributed by atoms with E-state index >= 15 is 0 Å². The van der Waals surface area contributed by atoms with Gasteiger partial charge >= 0.3 is 0 Å². The number of carbonyl (C=O) groups is 5. The fraction of sp³-hybridized carbons (Fsp3) is 0.673. The number of Topliss-reactive ketones (excluding diaryl/α,β-unsaturated/α-hetero) is 3. The van der Waals surface area contributed by atoms with Gasteiger partial charge in [-0.1, -0.05) is 134 Å². The number of amides is 2. The number of aryl methyl sites for hydroxylation is 1. The van der Waals surface area contributed by atoms with Gasteiger partial charge in [0, 0.05) is 36.5 Å². The van der Waals surface area contributed by atoms with Crippen molar-refractivity contribution in [3.8, 4) is 0 Å². The molecular formula is C52H79N3O5. The van der Waals surface area contributed by atoms with E-state index in [1.54, 1.807) is 0 Å². The van der Waals surface area contributed by atoms with Gasteiger partial charge in [-0.25, -0.2) is 0 Å². The summed E-state index contributed by atoms with van der Waals surface area (Å²) in [6, 6.07) is 18.3. The molecule has 0 radical (unpaired) electrons. The summed E-state index contributed by atoms with van der Waals surface area (Å²) in [5.74, 6) is -1.56. The van der Waals surface area contributed by atoms with Crippen molar-refractivity contribution in [3.63, 3.8) is 0 Å². The molecule has 2 aliphatic rings. The number of nitrogens with one attached hydrogen (secondary N) is 2. The van der Waals surface area contributed by atoms with Crippen LogP contribution >= 0.6 is 0 Å². The predicted molar refractivity (Wildman–Crippen MR) is 243 cm³/mol. The molecule has 4 atom stereocenters. The molecule has 2 N–H and O–H groups in total. The number of unbranched alkanes of at least 4 members (excludes halogenated alkanes) is 6. The number of hydrogen-bond acceptors (Lipinski definition) is 6. The smallest absolute Gasteiger partial charge is 0.224 e. The second kappa shape index (κ2) is 26.0. The minimum Gasteiger partial charge on any atom is -0.346 e. The van der Waals surface area contributed by atoms with Gasteiger partial charge in [0.25, 0.3) is 0 Å². The number of piperidine rings is 1. The highest BCUT2D eigenvalue weighted by Gasteiger charge is 2.48. The summed E-state index contributed by atoms with van der Waals surface area (Å²) in [4.78, 5) is 72.3. The van der Waals surface area contributed by atoms with Crippen LogP contribution in [0, 0.1) is 29.1 Å². The molecule has 2 aromatic rings. The maximum atomic E-state index is 14.3. The zero-order valence-electron chi connectivity index (χ0n) is 38.0. The molecule has 0 spiro atoms. The Bertz CT molecular complexity index is 1600. The number of ketones is 3. The third-order valence-corrected chi connectivity index (χ3v) is 12.8. The molecule has 2 fully saturated rings. The zero-order valence-corrected chi connectivity index (χ0v) is 38.0. The first-order valence-corrected chi connectivity index (χ1v) is 23.8. The second-order valence-corrected chi connectivity index (χ2v) is 19.5. The molecule has 1 aliphatic carbocycles. The topological polar surface area (TPSA) is 113 Å². The average Bonchev–Trinajstić information content (AvgIpc) is 3.99. The Kier molecular flexibility index (Phi) is 21.2. The number of rotatable bonds is 30. The van der Waals surface area contributed by atoms with Crippen LogP contribution in [0.25, 0.3) is 0 Å². The number of carbonyl (C=O) groups excluding carboxylic acids is 5. The van der Waals surface area contributed by atoms with Crippen LogP contribution in [-0.2, 0) is 36.8 Å². The molecule has 1 unspecified atom stereocenters. The first-order valence-electron chi connectivity index (χ1n) is 23.8. The highest BCUT2D eigenvalue weighted by atomic mass is 16.2. The van der Waals surface area contributed by atoms with Crippen molar-refractivity contribution in [2.45, 2.75) is 175 Å². The van der Waals surface area contributed by atoms with Crippen LogP contribution in [-0.4, -0.2) is 65.8 Å². The molecule has 8 nitrogen and oxygen atoms in total.